The second-order valence-corrected chi connectivity index (χ2v) is 4.93. The average molecular weight is 312 g/mol. The fraction of sp³-hybridized carbons (Fsp3) is 0.286. The molecule has 7 heteroatoms. The van der Waals surface area contributed by atoms with Crippen LogP contribution in [0.2, 0.25) is 5.02 Å². The fourth-order valence-electron chi connectivity index (χ4n) is 1.96. The molecule has 1 aromatic heterocycles. The number of nitrogens with two attached hydrogens (primary N) is 1. The van der Waals surface area contributed by atoms with Crippen LogP contribution in [0, 0.1) is 5.82 Å². The van der Waals surface area contributed by atoms with E-state index in [2.05, 4.69) is 5.10 Å². The first-order valence-electron chi connectivity index (χ1n) is 6.36. The molecule has 1 heterocycles. The van der Waals surface area contributed by atoms with Crippen LogP contribution >= 0.6 is 11.6 Å². The third-order valence-electron chi connectivity index (χ3n) is 3.06. The van der Waals surface area contributed by atoms with Crippen molar-refractivity contribution in [3.05, 3.63) is 46.0 Å². The number of benzene rings is 1. The van der Waals surface area contributed by atoms with Crippen molar-refractivity contribution in [1.29, 1.82) is 0 Å². The summed E-state index contributed by atoms with van der Waals surface area (Å²) in [5.41, 5.74) is 7.13. The van der Waals surface area contributed by atoms with Crippen molar-refractivity contribution < 1.29 is 13.9 Å². The lowest BCUT2D eigenvalue weighted by atomic mass is 10.2. The summed E-state index contributed by atoms with van der Waals surface area (Å²) in [6, 6.07) is 4.06. The molecule has 2 N–H and O–H groups in total. The molecule has 0 amide bonds. The molecular weight excluding hydrogens is 297 g/mol. The zero-order chi connectivity index (χ0) is 15.6. The molecule has 0 bridgehead atoms. The number of nitrogen functional groups attached to an aromatic ring is 1. The van der Waals surface area contributed by atoms with Crippen molar-refractivity contribution in [3.63, 3.8) is 0 Å². The Bertz CT molecular complexity index is 685. The molecule has 2 rings (SSSR count). The Morgan fingerprint density at radius 3 is 2.86 bits per heavy atom. The van der Waals surface area contributed by atoms with Gasteiger partial charge in [-0.25, -0.2) is 9.18 Å². The number of anilines is 1. The van der Waals surface area contributed by atoms with Crippen molar-refractivity contribution in [2.75, 3.05) is 5.73 Å². The van der Waals surface area contributed by atoms with Gasteiger partial charge in [0.2, 0.25) is 0 Å². The number of halogens is 2. The number of hydrogen-bond donors (Lipinski definition) is 1. The van der Waals surface area contributed by atoms with E-state index in [0.717, 1.165) is 0 Å². The predicted molar refractivity (Wildman–Crippen MR) is 77.5 cm³/mol. The maximum Gasteiger partial charge on any atom is 0.359 e. The molecule has 0 aliphatic rings. The summed E-state index contributed by atoms with van der Waals surface area (Å²) in [4.78, 5) is 12.1. The van der Waals surface area contributed by atoms with Gasteiger partial charge >= 0.3 is 5.97 Å². The number of rotatable bonds is 4. The summed E-state index contributed by atoms with van der Waals surface area (Å²) in [5.74, 6) is -1.14. The summed E-state index contributed by atoms with van der Waals surface area (Å²) in [5, 5.41) is 4.50. The quantitative estimate of drug-likeness (QED) is 0.881. The van der Waals surface area contributed by atoms with E-state index in [1.165, 1.54) is 22.9 Å². The number of nitrogens with zero attached hydrogens (tertiary/aromatic N) is 2. The van der Waals surface area contributed by atoms with Gasteiger partial charge in [-0.3, -0.25) is 4.68 Å². The van der Waals surface area contributed by atoms with Gasteiger partial charge in [-0.05, 0) is 24.6 Å². The van der Waals surface area contributed by atoms with Crippen molar-refractivity contribution in [3.8, 4) is 0 Å². The third-order valence-corrected chi connectivity index (χ3v) is 3.29. The molecule has 21 heavy (non-hydrogen) atoms. The number of ether oxygens (including phenoxy) is 1. The fourth-order valence-corrected chi connectivity index (χ4v) is 2.16. The third kappa shape index (κ3) is 3.16. The lowest BCUT2D eigenvalue weighted by Crippen LogP contribution is -2.13. The molecule has 0 spiro atoms. The van der Waals surface area contributed by atoms with Crippen LogP contribution in [-0.4, -0.2) is 15.7 Å². The van der Waals surface area contributed by atoms with E-state index in [0.29, 0.717) is 17.1 Å². The molecule has 5 nitrogen and oxygen atoms in total. The number of esters is 1. The average Bonchev–Trinajstić information content (AvgIpc) is 2.74. The highest BCUT2D eigenvalue weighted by Crippen LogP contribution is 2.20. The maximum atomic E-state index is 13.5. The van der Waals surface area contributed by atoms with Crippen LogP contribution in [0.5, 0.6) is 0 Å². The molecule has 0 unspecified atom stereocenters. The van der Waals surface area contributed by atoms with Crippen molar-refractivity contribution in [1.82, 2.24) is 9.78 Å². The molecule has 112 valence electrons. The van der Waals surface area contributed by atoms with Crippen LogP contribution in [0.3, 0.4) is 0 Å². The monoisotopic (exact) mass is 311 g/mol. The van der Waals surface area contributed by atoms with Gasteiger partial charge in [-0.15, -0.1) is 0 Å². The minimum atomic E-state index is -0.651. The Kier molecular flexibility index (Phi) is 4.47. The van der Waals surface area contributed by atoms with Gasteiger partial charge in [0.1, 0.15) is 12.4 Å². The molecule has 0 aliphatic heterocycles. The molecule has 0 atom stereocenters. The maximum absolute atomic E-state index is 13.5. The zero-order valence-corrected chi connectivity index (χ0v) is 12.4. The Labute approximate surface area is 126 Å². The highest BCUT2D eigenvalue weighted by atomic mass is 35.5. The molecule has 2 aromatic rings. The van der Waals surface area contributed by atoms with Crippen LogP contribution in [0.4, 0.5) is 10.1 Å². The van der Waals surface area contributed by atoms with E-state index in [1.54, 1.807) is 7.05 Å². The molecular formula is C14H15ClFN3O2. The highest BCUT2D eigenvalue weighted by Gasteiger charge is 2.20. The van der Waals surface area contributed by atoms with Crippen LogP contribution in [0.25, 0.3) is 0 Å². The summed E-state index contributed by atoms with van der Waals surface area (Å²) in [6.07, 6.45) is 0.607. The first kappa shape index (κ1) is 15.3. The summed E-state index contributed by atoms with van der Waals surface area (Å²) >= 11 is 5.78. The normalized spacial score (nSPS) is 10.7. The summed E-state index contributed by atoms with van der Waals surface area (Å²) in [6.45, 7) is 1.66. The van der Waals surface area contributed by atoms with Crippen LogP contribution in [0.15, 0.2) is 18.2 Å². The summed E-state index contributed by atoms with van der Waals surface area (Å²) < 4.78 is 20.0. The Hall–Kier alpha value is -2.08. The van der Waals surface area contributed by atoms with Gasteiger partial charge in [0.05, 0.1) is 11.4 Å². The number of hydrogen-bond acceptors (Lipinski definition) is 4. The highest BCUT2D eigenvalue weighted by molar-refractivity contribution is 6.30. The number of carbonyl (C=O) groups excluding carboxylic acids is 1. The zero-order valence-electron chi connectivity index (χ0n) is 11.7. The second kappa shape index (κ2) is 6.13. The minimum Gasteiger partial charge on any atom is -0.456 e. The molecule has 0 radical (unpaired) electrons. The minimum absolute atomic E-state index is 0.161. The lowest BCUT2D eigenvalue weighted by Gasteiger charge is -2.07. The van der Waals surface area contributed by atoms with Crippen LogP contribution < -0.4 is 5.73 Å². The van der Waals surface area contributed by atoms with Crippen molar-refractivity contribution >= 4 is 23.3 Å². The molecule has 0 saturated heterocycles. The molecule has 0 aliphatic carbocycles. The number of aromatic nitrogens is 2. The van der Waals surface area contributed by atoms with Gasteiger partial charge in [0.25, 0.3) is 0 Å². The van der Waals surface area contributed by atoms with E-state index >= 15 is 0 Å². The lowest BCUT2D eigenvalue weighted by molar-refractivity contribution is 0.0457. The predicted octanol–water partition coefficient (Wildman–Crippen LogP) is 2.71. The molecule has 0 fully saturated rings. The standard InChI is InChI=1S/C14H15ClFN3O2/c1-3-11-12(17)13(19(2)18-11)14(20)21-7-8-6-9(15)4-5-10(8)16/h4-6H,3,7,17H2,1-2H3. The van der Waals surface area contributed by atoms with E-state index in [4.69, 9.17) is 22.1 Å². The van der Waals surface area contributed by atoms with Crippen LogP contribution in [0.1, 0.15) is 28.7 Å². The van der Waals surface area contributed by atoms with Gasteiger partial charge in [-0.2, -0.15) is 5.10 Å². The van der Waals surface area contributed by atoms with Crippen molar-refractivity contribution in [2.24, 2.45) is 7.05 Å². The van der Waals surface area contributed by atoms with E-state index in [9.17, 15) is 9.18 Å². The number of carbonyl (C=O) groups is 1. The first-order valence-corrected chi connectivity index (χ1v) is 6.74. The largest absolute Gasteiger partial charge is 0.456 e. The van der Waals surface area contributed by atoms with Gasteiger partial charge in [0, 0.05) is 17.6 Å². The SMILES string of the molecule is CCc1nn(C)c(C(=O)OCc2cc(Cl)ccc2F)c1N. The molecule has 0 saturated carbocycles. The van der Waals surface area contributed by atoms with E-state index < -0.39 is 11.8 Å². The van der Waals surface area contributed by atoms with Crippen LogP contribution in [-0.2, 0) is 24.8 Å². The smallest absolute Gasteiger partial charge is 0.359 e. The number of aryl methyl sites for hydroxylation is 2. The molecule has 1 aromatic carbocycles. The Morgan fingerprint density at radius 1 is 1.52 bits per heavy atom. The Balaban J connectivity index is 2.15. The van der Waals surface area contributed by atoms with E-state index in [1.807, 2.05) is 6.92 Å². The topological polar surface area (TPSA) is 70.1 Å². The van der Waals surface area contributed by atoms with Crippen molar-refractivity contribution in [2.45, 2.75) is 20.0 Å². The van der Waals surface area contributed by atoms with Gasteiger partial charge in [0.15, 0.2) is 5.69 Å². The Morgan fingerprint density at radius 2 is 2.24 bits per heavy atom. The van der Waals surface area contributed by atoms with Gasteiger partial charge in [-0.1, -0.05) is 18.5 Å². The second-order valence-electron chi connectivity index (χ2n) is 4.50. The first-order chi connectivity index (χ1) is 9.93. The van der Waals surface area contributed by atoms with E-state index in [-0.39, 0.29) is 23.6 Å². The summed E-state index contributed by atoms with van der Waals surface area (Å²) in [7, 11) is 1.60. The van der Waals surface area contributed by atoms with Gasteiger partial charge < -0.3 is 10.5 Å².